The summed E-state index contributed by atoms with van der Waals surface area (Å²) < 4.78 is 0. The molecule has 2 rings (SSSR count). The molecule has 1 aromatic rings. The lowest BCUT2D eigenvalue weighted by Gasteiger charge is -2.37. The van der Waals surface area contributed by atoms with E-state index in [9.17, 15) is 9.90 Å². The zero-order valence-corrected chi connectivity index (χ0v) is 14.8. The molecule has 1 amide bonds. The molecule has 1 fully saturated rings. The molecule has 1 N–H and O–H groups in total. The minimum Gasteiger partial charge on any atom is -0.383 e. The van der Waals surface area contributed by atoms with Crippen molar-refractivity contribution >= 4 is 46.6 Å². The summed E-state index contributed by atoms with van der Waals surface area (Å²) in [6.45, 7) is 2.66. The fraction of sp³-hybridized carbons (Fsp3) is 0.533. The molecule has 1 aliphatic heterocycles. The number of carbonyl (C=O) groups is 1. The van der Waals surface area contributed by atoms with Gasteiger partial charge >= 0.3 is 0 Å². The third-order valence-electron chi connectivity index (χ3n) is 3.74. The maximum absolute atomic E-state index is 12.2. The van der Waals surface area contributed by atoms with Gasteiger partial charge in [-0.3, -0.25) is 4.79 Å². The fourth-order valence-electron chi connectivity index (χ4n) is 2.43. The van der Waals surface area contributed by atoms with Crippen LogP contribution in [0.5, 0.6) is 0 Å². The number of hydrogen-bond donors (Lipinski definition) is 1. The molecular formula is C15H20Cl2N2O2S. The summed E-state index contributed by atoms with van der Waals surface area (Å²) in [5.41, 5.74) is 1.00. The fourth-order valence-corrected chi connectivity index (χ4v) is 3.18. The molecule has 1 aromatic carbocycles. The van der Waals surface area contributed by atoms with Crippen molar-refractivity contribution in [3.63, 3.8) is 0 Å². The number of carbonyl (C=O) groups excluding carboxylic acids is 1. The number of amides is 1. The summed E-state index contributed by atoms with van der Waals surface area (Å²) in [6, 6.07) is 5.55. The predicted octanol–water partition coefficient (Wildman–Crippen LogP) is 2.76. The zero-order chi connectivity index (χ0) is 16.1. The van der Waals surface area contributed by atoms with E-state index >= 15 is 0 Å². The summed E-state index contributed by atoms with van der Waals surface area (Å²) in [7, 11) is 0. The van der Waals surface area contributed by atoms with Gasteiger partial charge in [0.25, 0.3) is 5.91 Å². The molecule has 1 atom stereocenters. The topological polar surface area (TPSA) is 43.8 Å². The largest absolute Gasteiger partial charge is 0.383 e. The van der Waals surface area contributed by atoms with Gasteiger partial charge in [0, 0.05) is 31.9 Å². The van der Waals surface area contributed by atoms with Crippen molar-refractivity contribution in [1.29, 1.82) is 0 Å². The lowest BCUT2D eigenvalue weighted by Crippen LogP contribution is -2.51. The van der Waals surface area contributed by atoms with Gasteiger partial charge in [0.2, 0.25) is 0 Å². The molecule has 1 aliphatic rings. The van der Waals surface area contributed by atoms with Crippen LogP contribution in [-0.2, 0) is 4.79 Å². The molecule has 0 bridgehead atoms. The smallest absolute Gasteiger partial charge is 0.251 e. The lowest BCUT2D eigenvalue weighted by molar-refractivity contribution is -0.140. The van der Waals surface area contributed by atoms with Crippen LogP contribution in [0.2, 0.25) is 10.0 Å². The highest BCUT2D eigenvalue weighted by atomic mass is 35.5. The maximum atomic E-state index is 12.2. The number of benzene rings is 1. The van der Waals surface area contributed by atoms with Crippen LogP contribution in [-0.4, -0.2) is 60.2 Å². The first-order chi connectivity index (χ1) is 10.5. The third kappa shape index (κ3) is 4.44. The van der Waals surface area contributed by atoms with Crippen molar-refractivity contribution in [2.75, 3.05) is 43.1 Å². The van der Waals surface area contributed by atoms with Crippen LogP contribution in [0, 0.1) is 0 Å². The predicted molar refractivity (Wildman–Crippen MR) is 94.3 cm³/mol. The van der Waals surface area contributed by atoms with Gasteiger partial charge in [-0.15, -0.1) is 0 Å². The Morgan fingerprint density at radius 1 is 1.27 bits per heavy atom. The molecular weight excluding hydrogens is 343 g/mol. The molecule has 0 aromatic heterocycles. The van der Waals surface area contributed by atoms with Gasteiger partial charge in [-0.1, -0.05) is 23.2 Å². The Bertz CT molecular complexity index is 522. The van der Waals surface area contributed by atoms with Gasteiger partial charge in [-0.2, -0.15) is 11.8 Å². The second-order valence-electron chi connectivity index (χ2n) is 5.21. The quantitative estimate of drug-likeness (QED) is 0.874. The van der Waals surface area contributed by atoms with E-state index in [1.165, 1.54) is 0 Å². The molecule has 0 aliphatic carbocycles. The second-order valence-corrected chi connectivity index (χ2v) is 7.01. The van der Waals surface area contributed by atoms with Gasteiger partial charge < -0.3 is 14.9 Å². The standard InChI is InChI=1S/C15H20Cl2N2O2S/c1-22-9-4-14(20)15(21)19-7-5-18(6-8-19)11-2-3-12(16)13(17)10-11/h2-3,10,14,20H,4-9H2,1H3. The second kappa shape index (κ2) is 8.29. The van der Waals surface area contributed by atoms with E-state index in [0.29, 0.717) is 29.6 Å². The van der Waals surface area contributed by atoms with E-state index < -0.39 is 6.10 Å². The molecule has 1 unspecified atom stereocenters. The number of aliphatic hydroxyl groups excluding tert-OH is 1. The molecule has 122 valence electrons. The van der Waals surface area contributed by atoms with Crippen LogP contribution in [0.25, 0.3) is 0 Å². The zero-order valence-electron chi connectivity index (χ0n) is 12.5. The van der Waals surface area contributed by atoms with Crippen molar-refractivity contribution in [2.24, 2.45) is 0 Å². The normalized spacial score (nSPS) is 16.7. The van der Waals surface area contributed by atoms with Crippen LogP contribution in [0.15, 0.2) is 18.2 Å². The van der Waals surface area contributed by atoms with Crippen LogP contribution in [0.4, 0.5) is 5.69 Å². The molecule has 1 heterocycles. The van der Waals surface area contributed by atoms with E-state index in [0.717, 1.165) is 24.5 Å². The summed E-state index contributed by atoms with van der Waals surface area (Å²) in [5, 5.41) is 11.0. The molecule has 0 radical (unpaired) electrons. The molecule has 4 nitrogen and oxygen atoms in total. The lowest BCUT2D eigenvalue weighted by atomic mass is 10.2. The summed E-state index contributed by atoms with van der Waals surface area (Å²) in [6.07, 6.45) is 1.59. The van der Waals surface area contributed by atoms with Crippen molar-refractivity contribution < 1.29 is 9.90 Å². The number of thioether (sulfide) groups is 1. The monoisotopic (exact) mass is 362 g/mol. The minimum atomic E-state index is -0.885. The van der Waals surface area contributed by atoms with Crippen LogP contribution in [0.1, 0.15) is 6.42 Å². The Balaban J connectivity index is 1.89. The summed E-state index contributed by atoms with van der Waals surface area (Å²) in [5.74, 6) is 0.624. The first-order valence-corrected chi connectivity index (χ1v) is 9.33. The minimum absolute atomic E-state index is 0.164. The van der Waals surface area contributed by atoms with E-state index in [4.69, 9.17) is 23.2 Å². The number of rotatable bonds is 5. The molecule has 1 saturated heterocycles. The summed E-state index contributed by atoms with van der Waals surface area (Å²) >= 11 is 13.6. The van der Waals surface area contributed by atoms with Gasteiger partial charge in [0.1, 0.15) is 6.10 Å². The third-order valence-corrected chi connectivity index (χ3v) is 5.12. The molecule has 22 heavy (non-hydrogen) atoms. The number of piperazine rings is 1. The Morgan fingerprint density at radius 2 is 1.95 bits per heavy atom. The van der Waals surface area contributed by atoms with Crippen molar-refractivity contribution in [1.82, 2.24) is 4.90 Å². The Labute approximate surface area is 145 Å². The van der Waals surface area contributed by atoms with Gasteiger partial charge in [-0.25, -0.2) is 0 Å². The van der Waals surface area contributed by atoms with Crippen molar-refractivity contribution in [3.8, 4) is 0 Å². The highest BCUT2D eigenvalue weighted by Crippen LogP contribution is 2.27. The van der Waals surface area contributed by atoms with E-state index in [1.807, 2.05) is 18.4 Å². The molecule has 0 saturated carbocycles. The highest BCUT2D eigenvalue weighted by Gasteiger charge is 2.26. The average molecular weight is 363 g/mol. The number of aliphatic hydroxyl groups is 1. The molecule has 7 heteroatoms. The summed E-state index contributed by atoms with van der Waals surface area (Å²) in [4.78, 5) is 16.1. The van der Waals surface area contributed by atoms with Crippen LogP contribution < -0.4 is 4.90 Å². The Morgan fingerprint density at radius 3 is 2.55 bits per heavy atom. The first-order valence-electron chi connectivity index (χ1n) is 7.18. The average Bonchev–Trinajstić information content (AvgIpc) is 2.54. The van der Waals surface area contributed by atoms with Crippen LogP contribution >= 0.6 is 35.0 Å². The van der Waals surface area contributed by atoms with Gasteiger partial charge in [-0.05, 0) is 36.6 Å². The SMILES string of the molecule is CSCCC(O)C(=O)N1CCN(c2ccc(Cl)c(Cl)c2)CC1. The number of anilines is 1. The number of halogens is 2. The van der Waals surface area contributed by atoms with Gasteiger partial charge in [0.05, 0.1) is 10.0 Å². The first kappa shape index (κ1) is 17.7. The van der Waals surface area contributed by atoms with E-state index in [1.54, 1.807) is 22.7 Å². The Hall–Kier alpha value is -0.620. The van der Waals surface area contributed by atoms with Crippen molar-refractivity contribution in [3.05, 3.63) is 28.2 Å². The van der Waals surface area contributed by atoms with E-state index in [-0.39, 0.29) is 5.91 Å². The maximum Gasteiger partial charge on any atom is 0.251 e. The van der Waals surface area contributed by atoms with Crippen LogP contribution in [0.3, 0.4) is 0 Å². The van der Waals surface area contributed by atoms with E-state index in [2.05, 4.69) is 4.90 Å². The van der Waals surface area contributed by atoms with Gasteiger partial charge in [0.15, 0.2) is 0 Å². The number of nitrogens with zero attached hydrogens (tertiary/aromatic N) is 2. The number of hydrogen-bond acceptors (Lipinski definition) is 4. The highest BCUT2D eigenvalue weighted by molar-refractivity contribution is 7.98. The Kier molecular flexibility index (Phi) is 6.68. The van der Waals surface area contributed by atoms with Crippen molar-refractivity contribution in [2.45, 2.75) is 12.5 Å². The molecule has 0 spiro atoms.